The van der Waals surface area contributed by atoms with Crippen molar-refractivity contribution in [2.75, 3.05) is 5.73 Å². The van der Waals surface area contributed by atoms with Crippen molar-refractivity contribution in [1.82, 2.24) is 0 Å². The van der Waals surface area contributed by atoms with E-state index in [4.69, 9.17) is 5.73 Å². The highest BCUT2D eigenvalue weighted by Gasteiger charge is 2.00. The summed E-state index contributed by atoms with van der Waals surface area (Å²) in [5.41, 5.74) is 6.74. The highest BCUT2D eigenvalue weighted by atomic mass is 32.1. The van der Waals surface area contributed by atoms with Crippen LogP contribution < -0.4 is 5.73 Å². The zero-order valence-electron chi connectivity index (χ0n) is 6.16. The molecular weight excluding hydrogens is 158 g/mol. The second-order valence-electron chi connectivity index (χ2n) is 2.33. The Kier molecular flexibility index (Phi) is 2.19. The fourth-order valence-electron chi connectivity index (χ4n) is 0.763. The van der Waals surface area contributed by atoms with Gasteiger partial charge in [0.25, 0.3) is 0 Å². The third-order valence-electron chi connectivity index (χ3n) is 1.44. The fraction of sp³-hybridized carbons (Fsp3) is 0.125. The van der Waals surface area contributed by atoms with Crippen molar-refractivity contribution in [3.63, 3.8) is 0 Å². The maximum atomic E-state index is 10.8. The number of Topliss-reactive ketones (excluding diaryl/α,β-unsaturated/α-hetero) is 1. The number of ketones is 1. The smallest absolute Gasteiger partial charge is 0.159 e. The summed E-state index contributed by atoms with van der Waals surface area (Å²) in [4.78, 5) is 11.5. The number of carbonyl (C=O) groups excluding carboxylic acids is 1. The lowest BCUT2D eigenvalue weighted by Gasteiger charge is -1.99. The van der Waals surface area contributed by atoms with E-state index in [1.54, 1.807) is 18.2 Å². The predicted octanol–water partition coefficient (Wildman–Crippen LogP) is 1.76. The summed E-state index contributed by atoms with van der Waals surface area (Å²) in [6.45, 7) is 1.51. The van der Waals surface area contributed by atoms with Crippen LogP contribution in [0, 0.1) is 0 Å². The number of anilines is 1. The molecule has 0 unspecified atom stereocenters. The second-order valence-corrected chi connectivity index (χ2v) is 2.81. The van der Waals surface area contributed by atoms with Gasteiger partial charge in [-0.15, -0.1) is 12.6 Å². The van der Waals surface area contributed by atoms with Gasteiger partial charge in [-0.05, 0) is 25.1 Å². The molecule has 0 saturated carbocycles. The molecule has 1 aromatic carbocycles. The third-order valence-corrected chi connectivity index (χ3v) is 1.82. The first-order valence-corrected chi connectivity index (χ1v) is 3.65. The van der Waals surface area contributed by atoms with E-state index in [9.17, 15) is 4.79 Å². The van der Waals surface area contributed by atoms with Crippen LogP contribution in [0.4, 0.5) is 5.69 Å². The molecule has 0 aliphatic heterocycles. The molecule has 0 heterocycles. The Morgan fingerprint density at radius 2 is 2.18 bits per heavy atom. The van der Waals surface area contributed by atoms with E-state index in [1.165, 1.54) is 6.92 Å². The minimum absolute atomic E-state index is 0.0281. The van der Waals surface area contributed by atoms with Crippen LogP contribution in [0.5, 0.6) is 0 Å². The van der Waals surface area contributed by atoms with Crippen molar-refractivity contribution in [3.05, 3.63) is 23.8 Å². The van der Waals surface area contributed by atoms with Crippen LogP contribution >= 0.6 is 12.6 Å². The molecule has 0 atom stereocenters. The molecule has 1 rings (SSSR count). The topological polar surface area (TPSA) is 43.1 Å². The van der Waals surface area contributed by atoms with Crippen LogP contribution in [0.25, 0.3) is 0 Å². The van der Waals surface area contributed by atoms with Crippen molar-refractivity contribution in [2.45, 2.75) is 11.8 Å². The minimum atomic E-state index is 0.0281. The molecule has 1 aromatic rings. The number of rotatable bonds is 1. The molecule has 0 aromatic heterocycles. The summed E-state index contributed by atoms with van der Waals surface area (Å²) < 4.78 is 0. The van der Waals surface area contributed by atoms with E-state index in [0.717, 1.165) is 0 Å². The van der Waals surface area contributed by atoms with Crippen LogP contribution in [-0.2, 0) is 0 Å². The second kappa shape index (κ2) is 2.96. The highest BCUT2D eigenvalue weighted by molar-refractivity contribution is 7.80. The van der Waals surface area contributed by atoms with Crippen molar-refractivity contribution in [3.8, 4) is 0 Å². The van der Waals surface area contributed by atoms with Gasteiger partial charge in [0.15, 0.2) is 5.78 Å². The summed E-state index contributed by atoms with van der Waals surface area (Å²) in [6, 6.07) is 5.04. The van der Waals surface area contributed by atoms with Crippen LogP contribution in [-0.4, -0.2) is 5.78 Å². The zero-order valence-corrected chi connectivity index (χ0v) is 7.06. The van der Waals surface area contributed by atoms with Gasteiger partial charge in [0.1, 0.15) is 0 Å². The molecule has 0 amide bonds. The van der Waals surface area contributed by atoms with Crippen LogP contribution in [0.15, 0.2) is 23.1 Å². The molecule has 2 N–H and O–H groups in total. The lowest BCUT2D eigenvalue weighted by atomic mass is 10.1. The average molecular weight is 167 g/mol. The molecule has 0 aliphatic carbocycles. The molecule has 11 heavy (non-hydrogen) atoms. The summed E-state index contributed by atoms with van der Waals surface area (Å²) in [6.07, 6.45) is 0. The highest BCUT2D eigenvalue weighted by Crippen LogP contribution is 2.17. The van der Waals surface area contributed by atoms with Gasteiger partial charge < -0.3 is 5.73 Å². The van der Waals surface area contributed by atoms with Gasteiger partial charge in [-0.25, -0.2) is 0 Å². The Bertz CT molecular complexity index is 296. The molecular formula is C8H9NOS. The maximum absolute atomic E-state index is 10.8. The van der Waals surface area contributed by atoms with Crippen molar-refractivity contribution in [2.24, 2.45) is 0 Å². The van der Waals surface area contributed by atoms with E-state index < -0.39 is 0 Å². The van der Waals surface area contributed by atoms with Crippen molar-refractivity contribution < 1.29 is 4.79 Å². The first kappa shape index (κ1) is 8.14. The molecule has 0 radical (unpaired) electrons. The monoisotopic (exact) mass is 167 g/mol. The van der Waals surface area contributed by atoms with Crippen LogP contribution in [0.1, 0.15) is 17.3 Å². The average Bonchev–Trinajstić information content (AvgIpc) is 1.94. The largest absolute Gasteiger partial charge is 0.398 e. The lowest BCUT2D eigenvalue weighted by molar-refractivity contribution is 0.101. The number of nitrogen functional groups attached to an aromatic ring is 1. The quantitative estimate of drug-likeness (QED) is 0.380. The van der Waals surface area contributed by atoms with Gasteiger partial charge in [-0.1, -0.05) is 0 Å². The van der Waals surface area contributed by atoms with Gasteiger partial charge in [0.2, 0.25) is 0 Å². The Morgan fingerprint density at radius 1 is 1.55 bits per heavy atom. The first-order chi connectivity index (χ1) is 5.11. The fourth-order valence-corrected chi connectivity index (χ4v) is 0.976. The van der Waals surface area contributed by atoms with Gasteiger partial charge in [0, 0.05) is 16.1 Å². The molecule has 0 saturated heterocycles. The Morgan fingerprint density at radius 3 is 2.64 bits per heavy atom. The molecule has 0 aliphatic rings. The predicted molar refractivity (Wildman–Crippen MR) is 48.1 cm³/mol. The summed E-state index contributed by atoms with van der Waals surface area (Å²) in [5.74, 6) is 0.0281. The molecule has 0 spiro atoms. The van der Waals surface area contributed by atoms with Crippen LogP contribution in [0.3, 0.4) is 0 Å². The van der Waals surface area contributed by atoms with Crippen LogP contribution in [0.2, 0.25) is 0 Å². The van der Waals surface area contributed by atoms with Gasteiger partial charge in [-0.3, -0.25) is 4.79 Å². The first-order valence-electron chi connectivity index (χ1n) is 3.20. The van der Waals surface area contributed by atoms with Crippen molar-refractivity contribution >= 4 is 24.1 Å². The van der Waals surface area contributed by atoms with Gasteiger partial charge >= 0.3 is 0 Å². The number of hydrogen-bond donors (Lipinski definition) is 2. The normalized spacial score (nSPS) is 9.64. The Balaban J connectivity index is 3.15. The van der Waals surface area contributed by atoms with Gasteiger partial charge in [-0.2, -0.15) is 0 Å². The summed E-state index contributed by atoms with van der Waals surface area (Å²) >= 11 is 4.08. The standard InChI is InChI=1S/C8H9NOS/c1-5(10)6-2-3-7(9)8(11)4-6/h2-4,11H,9H2,1H3. The zero-order chi connectivity index (χ0) is 8.43. The van der Waals surface area contributed by atoms with Gasteiger partial charge in [0.05, 0.1) is 0 Å². The number of carbonyl (C=O) groups is 1. The maximum Gasteiger partial charge on any atom is 0.159 e. The molecule has 58 valence electrons. The molecule has 3 heteroatoms. The third kappa shape index (κ3) is 1.74. The molecule has 2 nitrogen and oxygen atoms in total. The summed E-state index contributed by atoms with van der Waals surface area (Å²) in [7, 11) is 0. The van der Waals surface area contributed by atoms with E-state index in [-0.39, 0.29) is 5.78 Å². The molecule has 0 fully saturated rings. The van der Waals surface area contributed by atoms with E-state index in [2.05, 4.69) is 12.6 Å². The Labute approximate surface area is 70.8 Å². The minimum Gasteiger partial charge on any atom is -0.398 e. The SMILES string of the molecule is CC(=O)c1ccc(N)c(S)c1. The van der Waals surface area contributed by atoms with E-state index >= 15 is 0 Å². The van der Waals surface area contributed by atoms with Crippen molar-refractivity contribution in [1.29, 1.82) is 0 Å². The number of benzene rings is 1. The number of nitrogens with two attached hydrogens (primary N) is 1. The number of thiol groups is 1. The Hall–Kier alpha value is -0.960. The summed E-state index contributed by atoms with van der Waals surface area (Å²) in [5, 5.41) is 0. The van der Waals surface area contributed by atoms with E-state index in [0.29, 0.717) is 16.1 Å². The lowest BCUT2D eigenvalue weighted by Crippen LogP contribution is -1.94. The van der Waals surface area contributed by atoms with E-state index in [1.807, 2.05) is 0 Å². The number of hydrogen-bond acceptors (Lipinski definition) is 3. The molecule has 0 bridgehead atoms.